The smallest absolute Gasteiger partial charge is 0.328 e. The van der Waals surface area contributed by atoms with Crippen molar-refractivity contribution in [2.24, 2.45) is 0 Å². The molecule has 0 rings (SSSR count). The second kappa shape index (κ2) is 12.6. The molecule has 0 spiro atoms. The third-order valence-corrected chi connectivity index (χ3v) is 2.47. The van der Waals surface area contributed by atoms with Crippen molar-refractivity contribution in [2.75, 3.05) is 0 Å². The third-order valence-electron chi connectivity index (χ3n) is 2.47. The Morgan fingerprint density at radius 3 is 2.11 bits per heavy atom. The summed E-state index contributed by atoms with van der Waals surface area (Å²) in [6.07, 6.45) is 16.3. The van der Waals surface area contributed by atoms with E-state index in [1.807, 2.05) is 12.2 Å². The molecule has 0 unspecified atom stereocenters. The molecule has 4 nitrogen and oxygen atoms in total. The predicted molar refractivity (Wildman–Crippen MR) is 75.0 cm³/mol. The van der Waals surface area contributed by atoms with E-state index in [-0.39, 0.29) is 6.42 Å². The molecular weight excluding hydrogens is 244 g/mol. The molecule has 19 heavy (non-hydrogen) atoms. The lowest BCUT2D eigenvalue weighted by atomic mass is 10.1. The van der Waals surface area contributed by atoms with Crippen molar-refractivity contribution in [1.29, 1.82) is 0 Å². The number of carbonyl (C=O) groups is 2. The quantitative estimate of drug-likeness (QED) is 0.340. The highest BCUT2D eigenvalue weighted by molar-refractivity contribution is 5.80. The first-order valence-electron chi connectivity index (χ1n) is 6.57. The van der Waals surface area contributed by atoms with Gasteiger partial charge in [-0.15, -0.1) is 0 Å². The van der Waals surface area contributed by atoms with Gasteiger partial charge >= 0.3 is 11.9 Å². The second-order valence-corrected chi connectivity index (χ2v) is 4.21. The molecule has 0 heterocycles. The van der Waals surface area contributed by atoms with Crippen LogP contribution in [0.3, 0.4) is 0 Å². The van der Waals surface area contributed by atoms with Crippen LogP contribution in [-0.4, -0.2) is 22.2 Å². The normalized spacial score (nSPS) is 11.8. The van der Waals surface area contributed by atoms with E-state index >= 15 is 0 Å². The van der Waals surface area contributed by atoms with Crippen molar-refractivity contribution < 1.29 is 19.8 Å². The zero-order valence-corrected chi connectivity index (χ0v) is 11.1. The predicted octanol–water partition coefficient (Wildman–Crippen LogP) is 3.55. The van der Waals surface area contributed by atoms with E-state index in [4.69, 9.17) is 10.2 Å². The van der Waals surface area contributed by atoms with Crippen molar-refractivity contribution in [3.05, 3.63) is 36.5 Å². The minimum atomic E-state index is -0.948. The zero-order chi connectivity index (χ0) is 14.3. The van der Waals surface area contributed by atoms with Crippen LogP contribution < -0.4 is 0 Å². The van der Waals surface area contributed by atoms with Gasteiger partial charge in [0.1, 0.15) is 0 Å². The standard InChI is InChI=1S/C15H22O4/c16-14(17)12-10-8-6-4-2-1-3-5-7-9-11-13-15(18)19/h2,4,6,8,10,12H,1,3,5,7,9,11,13H2,(H,16,17)(H,18,19). The molecule has 0 aliphatic heterocycles. The van der Waals surface area contributed by atoms with Crippen LogP contribution in [0.25, 0.3) is 0 Å². The van der Waals surface area contributed by atoms with Gasteiger partial charge in [0, 0.05) is 12.5 Å². The third kappa shape index (κ3) is 16.2. The molecule has 4 heteroatoms. The molecular formula is C15H22O4. The first-order valence-corrected chi connectivity index (χ1v) is 6.57. The van der Waals surface area contributed by atoms with E-state index in [0.29, 0.717) is 0 Å². The fraction of sp³-hybridized carbons (Fsp3) is 0.467. The van der Waals surface area contributed by atoms with Gasteiger partial charge in [-0.2, -0.15) is 0 Å². The van der Waals surface area contributed by atoms with Crippen LogP contribution >= 0.6 is 0 Å². The topological polar surface area (TPSA) is 74.6 Å². The summed E-state index contributed by atoms with van der Waals surface area (Å²) in [5.74, 6) is -1.66. The number of allylic oxidation sites excluding steroid dienone is 5. The van der Waals surface area contributed by atoms with Crippen molar-refractivity contribution in [2.45, 2.75) is 44.9 Å². The number of carboxylic acid groups (broad SMARTS) is 2. The van der Waals surface area contributed by atoms with E-state index < -0.39 is 11.9 Å². The molecule has 0 aromatic rings. The molecule has 0 aliphatic rings. The van der Waals surface area contributed by atoms with Crippen molar-refractivity contribution in [3.8, 4) is 0 Å². The SMILES string of the molecule is O=C(O)C=CC=CC=CCCCCCCCC(=O)O. The highest BCUT2D eigenvalue weighted by Gasteiger charge is 1.95. The molecule has 0 aromatic heterocycles. The van der Waals surface area contributed by atoms with Gasteiger partial charge in [0.25, 0.3) is 0 Å². The minimum absolute atomic E-state index is 0.272. The lowest BCUT2D eigenvalue weighted by Gasteiger charge is -1.97. The highest BCUT2D eigenvalue weighted by atomic mass is 16.4. The number of unbranched alkanes of at least 4 members (excludes halogenated alkanes) is 5. The van der Waals surface area contributed by atoms with E-state index in [9.17, 15) is 9.59 Å². The van der Waals surface area contributed by atoms with Crippen LogP contribution in [0.2, 0.25) is 0 Å². The van der Waals surface area contributed by atoms with Crippen LogP contribution in [0, 0.1) is 0 Å². The molecule has 0 aliphatic carbocycles. The van der Waals surface area contributed by atoms with Crippen molar-refractivity contribution >= 4 is 11.9 Å². The molecule has 106 valence electrons. The van der Waals surface area contributed by atoms with Gasteiger partial charge in [-0.25, -0.2) is 4.79 Å². The lowest BCUT2D eigenvalue weighted by Crippen LogP contribution is -1.93. The molecule has 0 fully saturated rings. The second-order valence-electron chi connectivity index (χ2n) is 4.21. The number of rotatable bonds is 11. The lowest BCUT2D eigenvalue weighted by molar-refractivity contribution is -0.137. The fourth-order valence-electron chi connectivity index (χ4n) is 1.51. The van der Waals surface area contributed by atoms with E-state index in [1.54, 1.807) is 12.2 Å². The molecule has 0 saturated carbocycles. The van der Waals surface area contributed by atoms with Gasteiger partial charge in [0.05, 0.1) is 0 Å². The van der Waals surface area contributed by atoms with Gasteiger partial charge in [-0.3, -0.25) is 4.79 Å². The molecule has 0 amide bonds. The average molecular weight is 266 g/mol. The Labute approximate surface area is 114 Å². The molecule has 0 aromatic carbocycles. The summed E-state index contributed by atoms with van der Waals surface area (Å²) in [4.78, 5) is 20.4. The van der Waals surface area contributed by atoms with Gasteiger partial charge in [0.2, 0.25) is 0 Å². The van der Waals surface area contributed by atoms with Crippen LogP contribution in [0.1, 0.15) is 44.9 Å². The van der Waals surface area contributed by atoms with Gasteiger partial charge in [-0.1, -0.05) is 49.6 Å². The van der Waals surface area contributed by atoms with Crippen LogP contribution in [0.4, 0.5) is 0 Å². The van der Waals surface area contributed by atoms with Crippen LogP contribution in [0.15, 0.2) is 36.5 Å². The summed E-state index contributed by atoms with van der Waals surface area (Å²) in [6.45, 7) is 0. The van der Waals surface area contributed by atoms with Crippen molar-refractivity contribution in [1.82, 2.24) is 0 Å². The number of aliphatic carboxylic acids is 2. The molecule has 0 saturated heterocycles. The van der Waals surface area contributed by atoms with Gasteiger partial charge < -0.3 is 10.2 Å². The molecule has 0 radical (unpaired) electrons. The van der Waals surface area contributed by atoms with E-state index in [0.717, 1.165) is 44.6 Å². The summed E-state index contributed by atoms with van der Waals surface area (Å²) >= 11 is 0. The Bertz CT molecular complexity index is 340. The van der Waals surface area contributed by atoms with Gasteiger partial charge in [-0.05, 0) is 19.3 Å². The summed E-state index contributed by atoms with van der Waals surface area (Å²) in [6, 6.07) is 0. The van der Waals surface area contributed by atoms with Crippen LogP contribution in [0.5, 0.6) is 0 Å². The molecule has 0 bridgehead atoms. The number of hydrogen-bond donors (Lipinski definition) is 2. The Morgan fingerprint density at radius 1 is 0.789 bits per heavy atom. The number of carboxylic acids is 2. The monoisotopic (exact) mass is 266 g/mol. The summed E-state index contributed by atoms with van der Waals surface area (Å²) < 4.78 is 0. The van der Waals surface area contributed by atoms with Gasteiger partial charge in [0.15, 0.2) is 0 Å². The summed E-state index contributed by atoms with van der Waals surface area (Å²) in [5.41, 5.74) is 0. The van der Waals surface area contributed by atoms with Crippen LogP contribution in [-0.2, 0) is 9.59 Å². The fourth-order valence-corrected chi connectivity index (χ4v) is 1.51. The Balaban J connectivity index is 3.34. The maximum atomic E-state index is 10.3. The average Bonchev–Trinajstić information content (AvgIpc) is 2.34. The number of hydrogen-bond acceptors (Lipinski definition) is 2. The summed E-state index contributed by atoms with van der Waals surface area (Å²) in [5, 5.41) is 16.8. The van der Waals surface area contributed by atoms with E-state index in [1.165, 1.54) is 6.08 Å². The largest absolute Gasteiger partial charge is 0.481 e. The molecule has 2 N–H and O–H groups in total. The first kappa shape index (κ1) is 17.2. The Kier molecular flexibility index (Phi) is 11.4. The van der Waals surface area contributed by atoms with E-state index in [2.05, 4.69) is 0 Å². The maximum absolute atomic E-state index is 10.3. The zero-order valence-electron chi connectivity index (χ0n) is 11.1. The minimum Gasteiger partial charge on any atom is -0.481 e. The summed E-state index contributed by atoms with van der Waals surface area (Å²) in [7, 11) is 0. The maximum Gasteiger partial charge on any atom is 0.328 e. The van der Waals surface area contributed by atoms with Crippen molar-refractivity contribution in [3.63, 3.8) is 0 Å². The highest BCUT2D eigenvalue weighted by Crippen LogP contribution is 2.07. The Hall–Kier alpha value is -1.84. The molecule has 0 atom stereocenters. The first-order chi connectivity index (χ1) is 9.13. The Morgan fingerprint density at radius 2 is 1.42 bits per heavy atom.